The molecule has 0 aromatic carbocycles. The van der Waals surface area contributed by atoms with Crippen molar-refractivity contribution in [1.29, 1.82) is 0 Å². The number of hydrogen-bond acceptors (Lipinski definition) is 2. The second-order valence-electron chi connectivity index (χ2n) is 9.03. The van der Waals surface area contributed by atoms with Gasteiger partial charge >= 0.3 is 5.97 Å². The summed E-state index contributed by atoms with van der Waals surface area (Å²) in [5, 5.41) is 0. The van der Waals surface area contributed by atoms with Crippen LogP contribution >= 0.6 is 0 Å². The second-order valence-corrected chi connectivity index (χ2v) is 9.03. The Balaban J connectivity index is 1.60. The standard InChI is InChI=1S/C21H32O2/c1-15(22)23-14-21-12-5-7-19(21)17-9-8-16-6-3-4-11-20(16,2)18(17)10-13-21/h6,17-19H,3-5,7-14H2,1-2H3/t17-,18+,19+,20+,21+/m1/s1. The maximum atomic E-state index is 11.4. The first kappa shape index (κ1) is 15.7. The normalized spacial score (nSPS) is 45.5. The van der Waals surface area contributed by atoms with E-state index in [1.165, 1.54) is 64.2 Å². The van der Waals surface area contributed by atoms with Crippen LogP contribution in [0.25, 0.3) is 0 Å². The zero-order valence-corrected chi connectivity index (χ0v) is 14.9. The maximum absolute atomic E-state index is 11.4. The average Bonchev–Trinajstić information content (AvgIpc) is 2.97. The van der Waals surface area contributed by atoms with Crippen molar-refractivity contribution in [2.75, 3.05) is 6.61 Å². The van der Waals surface area contributed by atoms with Gasteiger partial charge in [-0.15, -0.1) is 0 Å². The number of allylic oxidation sites excluding steroid dienone is 2. The van der Waals surface area contributed by atoms with Crippen LogP contribution in [0.4, 0.5) is 0 Å². The lowest BCUT2D eigenvalue weighted by Crippen LogP contribution is -2.50. The van der Waals surface area contributed by atoms with Crippen LogP contribution in [-0.2, 0) is 9.53 Å². The molecule has 128 valence electrons. The van der Waals surface area contributed by atoms with Crippen LogP contribution < -0.4 is 0 Å². The Morgan fingerprint density at radius 1 is 1.17 bits per heavy atom. The predicted octanol–water partition coefficient (Wildman–Crippen LogP) is 5.27. The van der Waals surface area contributed by atoms with E-state index in [9.17, 15) is 4.79 Å². The monoisotopic (exact) mass is 316 g/mol. The Hall–Kier alpha value is -0.790. The molecule has 0 saturated heterocycles. The maximum Gasteiger partial charge on any atom is 0.302 e. The summed E-state index contributed by atoms with van der Waals surface area (Å²) in [5.41, 5.74) is 2.59. The molecular formula is C21H32O2. The number of carbonyl (C=O) groups excluding carboxylic acids is 1. The summed E-state index contributed by atoms with van der Waals surface area (Å²) in [7, 11) is 0. The van der Waals surface area contributed by atoms with Gasteiger partial charge in [0.15, 0.2) is 0 Å². The largest absolute Gasteiger partial charge is 0.465 e. The molecule has 4 aliphatic rings. The smallest absolute Gasteiger partial charge is 0.302 e. The highest BCUT2D eigenvalue weighted by atomic mass is 16.5. The van der Waals surface area contributed by atoms with Gasteiger partial charge in [-0.1, -0.05) is 25.0 Å². The van der Waals surface area contributed by atoms with E-state index in [1.807, 2.05) is 0 Å². The van der Waals surface area contributed by atoms with Crippen molar-refractivity contribution >= 4 is 5.97 Å². The zero-order chi connectivity index (χ0) is 16.1. The van der Waals surface area contributed by atoms with Crippen molar-refractivity contribution in [1.82, 2.24) is 0 Å². The highest BCUT2D eigenvalue weighted by molar-refractivity contribution is 5.65. The molecule has 0 N–H and O–H groups in total. The first-order valence-corrected chi connectivity index (χ1v) is 9.88. The molecule has 4 aliphatic carbocycles. The van der Waals surface area contributed by atoms with Gasteiger partial charge in [-0.05, 0) is 81.0 Å². The fourth-order valence-corrected chi connectivity index (χ4v) is 7.04. The Morgan fingerprint density at radius 2 is 2.04 bits per heavy atom. The first-order chi connectivity index (χ1) is 11.1. The molecule has 3 saturated carbocycles. The highest BCUT2D eigenvalue weighted by Gasteiger charge is 2.57. The molecule has 0 heterocycles. The van der Waals surface area contributed by atoms with Crippen molar-refractivity contribution in [2.24, 2.45) is 28.6 Å². The van der Waals surface area contributed by atoms with Crippen molar-refractivity contribution in [3.63, 3.8) is 0 Å². The summed E-state index contributed by atoms with van der Waals surface area (Å²) in [4.78, 5) is 11.4. The van der Waals surface area contributed by atoms with Crippen LogP contribution in [0.5, 0.6) is 0 Å². The van der Waals surface area contributed by atoms with E-state index in [-0.39, 0.29) is 5.97 Å². The molecule has 5 atom stereocenters. The van der Waals surface area contributed by atoms with Gasteiger partial charge in [-0.2, -0.15) is 0 Å². The summed E-state index contributed by atoms with van der Waals surface area (Å²) < 4.78 is 5.55. The van der Waals surface area contributed by atoms with E-state index in [0.29, 0.717) is 17.4 Å². The number of carbonyl (C=O) groups is 1. The van der Waals surface area contributed by atoms with Crippen LogP contribution in [0.15, 0.2) is 11.6 Å². The van der Waals surface area contributed by atoms with Gasteiger partial charge in [0.25, 0.3) is 0 Å². The molecular weight excluding hydrogens is 284 g/mol. The average molecular weight is 316 g/mol. The second kappa shape index (κ2) is 5.63. The van der Waals surface area contributed by atoms with Crippen molar-refractivity contribution in [3.05, 3.63) is 11.6 Å². The summed E-state index contributed by atoms with van der Waals surface area (Å²) in [6.45, 7) is 4.82. The van der Waals surface area contributed by atoms with Gasteiger partial charge in [-0.25, -0.2) is 0 Å². The number of ether oxygens (including phenoxy) is 1. The van der Waals surface area contributed by atoms with Crippen molar-refractivity contribution in [2.45, 2.75) is 78.1 Å². The number of esters is 1. The summed E-state index contributed by atoms with van der Waals surface area (Å²) in [5.74, 6) is 2.47. The SMILES string of the molecule is CC(=O)OC[C@@]12CCC[C@H]1[C@@H]1CCC3=CCCC[C@]3(C)[C@H]1CC2. The molecule has 0 spiro atoms. The minimum atomic E-state index is -0.0970. The summed E-state index contributed by atoms with van der Waals surface area (Å²) in [6, 6.07) is 0. The van der Waals surface area contributed by atoms with Gasteiger partial charge in [0.2, 0.25) is 0 Å². The molecule has 0 amide bonds. The van der Waals surface area contributed by atoms with Gasteiger partial charge in [0.05, 0.1) is 6.61 Å². The van der Waals surface area contributed by atoms with Gasteiger partial charge < -0.3 is 4.74 Å². The molecule has 0 aromatic rings. The molecule has 2 nitrogen and oxygen atoms in total. The highest BCUT2D eigenvalue weighted by Crippen LogP contribution is 2.65. The Morgan fingerprint density at radius 3 is 2.87 bits per heavy atom. The summed E-state index contributed by atoms with van der Waals surface area (Å²) in [6.07, 6.45) is 16.0. The lowest BCUT2D eigenvalue weighted by atomic mass is 9.47. The molecule has 0 unspecified atom stereocenters. The van der Waals surface area contributed by atoms with Crippen molar-refractivity contribution in [3.8, 4) is 0 Å². The van der Waals surface area contributed by atoms with E-state index in [0.717, 1.165) is 17.8 Å². The quantitative estimate of drug-likeness (QED) is 0.512. The van der Waals surface area contributed by atoms with Crippen LogP contribution in [0.1, 0.15) is 78.1 Å². The minimum Gasteiger partial charge on any atom is -0.465 e. The van der Waals surface area contributed by atoms with Crippen LogP contribution in [-0.4, -0.2) is 12.6 Å². The zero-order valence-electron chi connectivity index (χ0n) is 14.9. The summed E-state index contributed by atoms with van der Waals surface area (Å²) >= 11 is 0. The Labute approximate surface area is 141 Å². The van der Waals surface area contributed by atoms with Gasteiger partial charge in [0, 0.05) is 12.3 Å². The number of fused-ring (bicyclic) bond motifs is 5. The molecule has 23 heavy (non-hydrogen) atoms. The Bertz CT molecular complexity index is 522. The van der Waals surface area contributed by atoms with E-state index in [1.54, 1.807) is 12.5 Å². The fourth-order valence-electron chi connectivity index (χ4n) is 7.04. The molecule has 0 bridgehead atoms. The van der Waals surface area contributed by atoms with Crippen LogP contribution in [0.3, 0.4) is 0 Å². The van der Waals surface area contributed by atoms with Crippen LogP contribution in [0, 0.1) is 28.6 Å². The number of hydrogen-bond donors (Lipinski definition) is 0. The molecule has 2 heteroatoms. The molecule has 3 fully saturated rings. The lowest BCUT2D eigenvalue weighted by molar-refractivity contribution is -0.150. The third-order valence-electron chi connectivity index (χ3n) is 8.12. The predicted molar refractivity (Wildman–Crippen MR) is 91.9 cm³/mol. The van der Waals surface area contributed by atoms with E-state index in [4.69, 9.17) is 4.74 Å². The molecule has 0 aliphatic heterocycles. The molecule has 0 radical (unpaired) electrons. The fraction of sp³-hybridized carbons (Fsp3) is 0.857. The first-order valence-electron chi connectivity index (χ1n) is 9.88. The lowest BCUT2D eigenvalue weighted by Gasteiger charge is -2.58. The molecule has 4 rings (SSSR count). The van der Waals surface area contributed by atoms with Gasteiger partial charge in [0.1, 0.15) is 0 Å². The molecule has 0 aromatic heterocycles. The van der Waals surface area contributed by atoms with Crippen molar-refractivity contribution < 1.29 is 9.53 Å². The number of rotatable bonds is 2. The van der Waals surface area contributed by atoms with Gasteiger partial charge in [-0.3, -0.25) is 4.79 Å². The topological polar surface area (TPSA) is 26.3 Å². The third-order valence-corrected chi connectivity index (χ3v) is 8.12. The van der Waals surface area contributed by atoms with E-state index < -0.39 is 0 Å². The third kappa shape index (κ3) is 2.39. The van der Waals surface area contributed by atoms with E-state index >= 15 is 0 Å². The minimum absolute atomic E-state index is 0.0970. The van der Waals surface area contributed by atoms with E-state index in [2.05, 4.69) is 13.0 Å². The van der Waals surface area contributed by atoms with Crippen LogP contribution in [0.2, 0.25) is 0 Å². The Kier molecular flexibility index (Phi) is 3.85.